The number of carbonyl (C=O) groups is 1. The normalized spacial score (nSPS) is 25.4. The number of hydrogen-bond acceptors (Lipinski definition) is 5. The van der Waals surface area contributed by atoms with Gasteiger partial charge in [0.1, 0.15) is 11.9 Å². The predicted molar refractivity (Wildman–Crippen MR) is 86.9 cm³/mol. The third-order valence-corrected chi connectivity index (χ3v) is 4.97. The zero-order valence-electron chi connectivity index (χ0n) is 13.9. The first-order valence-corrected chi connectivity index (χ1v) is 8.61. The van der Waals surface area contributed by atoms with Crippen molar-refractivity contribution in [1.82, 2.24) is 14.9 Å². The SMILES string of the molecule is N#Cc1cnc(N[C@H]2CCCC[C@H]2CC(=O)N2CCC(F)(F)C2)cn1. The number of nitrogens with one attached hydrogen (secondary N) is 1. The molecule has 1 saturated heterocycles. The van der Waals surface area contributed by atoms with Gasteiger partial charge in [-0.25, -0.2) is 18.7 Å². The second kappa shape index (κ2) is 7.30. The summed E-state index contributed by atoms with van der Waals surface area (Å²) in [7, 11) is 0. The number of halogens is 2. The molecule has 6 nitrogen and oxygen atoms in total. The molecule has 0 radical (unpaired) electrons. The second-order valence-corrected chi connectivity index (χ2v) is 6.82. The lowest BCUT2D eigenvalue weighted by molar-refractivity contribution is -0.133. The summed E-state index contributed by atoms with van der Waals surface area (Å²) in [6.45, 7) is -0.324. The quantitative estimate of drug-likeness (QED) is 0.903. The largest absolute Gasteiger partial charge is 0.366 e. The topological polar surface area (TPSA) is 81.9 Å². The van der Waals surface area contributed by atoms with Crippen molar-refractivity contribution in [3.8, 4) is 6.07 Å². The number of nitriles is 1. The summed E-state index contributed by atoms with van der Waals surface area (Å²) in [5, 5.41) is 12.1. The van der Waals surface area contributed by atoms with Crippen molar-refractivity contribution >= 4 is 11.7 Å². The minimum absolute atomic E-state index is 0.0584. The number of aromatic nitrogens is 2. The molecule has 1 aromatic rings. The minimum Gasteiger partial charge on any atom is -0.366 e. The van der Waals surface area contributed by atoms with Crippen LogP contribution in [0.4, 0.5) is 14.6 Å². The maximum absolute atomic E-state index is 13.3. The molecule has 0 unspecified atom stereocenters. The Morgan fingerprint density at radius 1 is 1.36 bits per heavy atom. The van der Waals surface area contributed by atoms with E-state index in [1.54, 1.807) is 0 Å². The van der Waals surface area contributed by atoms with Crippen molar-refractivity contribution in [3.05, 3.63) is 18.1 Å². The fraction of sp³-hybridized carbons (Fsp3) is 0.647. The number of likely N-dealkylation sites (tertiary alicyclic amines) is 1. The van der Waals surface area contributed by atoms with Gasteiger partial charge in [0, 0.05) is 25.4 Å². The standard InChI is InChI=1S/C17H21F2N5O/c18-17(19)5-6-24(11-17)16(25)7-12-3-1-2-4-14(12)23-15-10-21-13(8-20)9-22-15/h9-10,12,14H,1-7,11H2,(H,22,23)/t12-,14-/m0/s1. The van der Waals surface area contributed by atoms with Crippen molar-refractivity contribution in [3.63, 3.8) is 0 Å². The number of rotatable bonds is 4. The molecule has 3 rings (SSSR count). The van der Waals surface area contributed by atoms with Gasteiger partial charge in [-0.3, -0.25) is 4.79 Å². The average Bonchev–Trinajstić information content (AvgIpc) is 2.97. The zero-order chi connectivity index (χ0) is 17.9. The number of hydrogen-bond donors (Lipinski definition) is 1. The first kappa shape index (κ1) is 17.5. The van der Waals surface area contributed by atoms with Gasteiger partial charge in [-0.15, -0.1) is 0 Å². The van der Waals surface area contributed by atoms with Gasteiger partial charge in [0.05, 0.1) is 18.9 Å². The smallest absolute Gasteiger partial charge is 0.267 e. The van der Waals surface area contributed by atoms with Crippen LogP contribution in [0.2, 0.25) is 0 Å². The zero-order valence-corrected chi connectivity index (χ0v) is 13.9. The van der Waals surface area contributed by atoms with Gasteiger partial charge in [0.25, 0.3) is 5.92 Å². The highest BCUT2D eigenvalue weighted by molar-refractivity contribution is 5.77. The molecule has 0 spiro atoms. The Hall–Kier alpha value is -2.30. The molecule has 8 heteroatoms. The van der Waals surface area contributed by atoms with Gasteiger partial charge >= 0.3 is 0 Å². The molecular weight excluding hydrogens is 328 g/mol. The van der Waals surface area contributed by atoms with Gasteiger partial charge < -0.3 is 10.2 Å². The van der Waals surface area contributed by atoms with E-state index >= 15 is 0 Å². The lowest BCUT2D eigenvalue weighted by atomic mass is 9.82. The number of amides is 1. The van der Waals surface area contributed by atoms with E-state index in [1.807, 2.05) is 6.07 Å². The summed E-state index contributed by atoms with van der Waals surface area (Å²) in [5.41, 5.74) is 0.246. The van der Waals surface area contributed by atoms with Crippen LogP contribution in [-0.2, 0) is 4.79 Å². The Balaban J connectivity index is 1.60. The summed E-state index contributed by atoms with van der Waals surface area (Å²) >= 11 is 0. The lowest BCUT2D eigenvalue weighted by Gasteiger charge is -2.33. The fourth-order valence-corrected chi connectivity index (χ4v) is 3.59. The Bertz CT molecular complexity index is 658. The first-order chi connectivity index (χ1) is 12.0. The molecule has 2 atom stereocenters. The Morgan fingerprint density at radius 2 is 2.16 bits per heavy atom. The average molecular weight is 349 g/mol. The molecule has 0 aromatic carbocycles. The molecule has 1 aliphatic carbocycles. The van der Waals surface area contributed by atoms with E-state index in [0.29, 0.717) is 5.82 Å². The Morgan fingerprint density at radius 3 is 2.80 bits per heavy atom. The van der Waals surface area contributed by atoms with E-state index in [9.17, 15) is 13.6 Å². The van der Waals surface area contributed by atoms with E-state index in [0.717, 1.165) is 25.7 Å². The van der Waals surface area contributed by atoms with Crippen LogP contribution in [0.25, 0.3) is 0 Å². The molecule has 2 fully saturated rings. The van der Waals surface area contributed by atoms with Gasteiger partial charge in [-0.1, -0.05) is 12.8 Å². The molecule has 1 aliphatic heterocycles. The molecule has 2 aliphatic rings. The summed E-state index contributed by atoms with van der Waals surface area (Å²) in [6, 6.07) is 1.98. The van der Waals surface area contributed by atoms with Crippen LogP contribution >= 0.6 is 0 Å². The summed E-state index contributed by atoms with van der Waals surface area (Å²) < 4.78 is 26.6. The van der Waals surface area contributed by atoms with Crippen molar-refractivity contribution in [2.75, 3.05) is 18.4 Å². The van der Waals surface area contributed by atoms with E-state index < -0.39 is 12.5 Å². The fourth-order valence-electron chi connectivity index (χ4n) is 3.59. The molecular formula is C17H21F2N5O. The number of anilines is 1. The van der Waals surface area contributed by atoms with Gasteiger partial charge in [-0.05, 0) is 18.8 Å². The second-order valence-electron chi connectivity index (χ2n) is 6.82. The lowest BCUT2D eigenvalue weighted by Crippen LogP contribution is -2.38. The molecule has 1 amide bonds. The van der Waals surface area contributed by atoms with Crippen LogP contribution in [0.15, 0.2) is 12.4 Å². The van der Waals surface area contributed by atoms with Crippen LogP contribution in [0.1, 0.15) is 44.2 Å². The van der Waals surface area contributed by atoms with Crippen molar-refractivity contribution < 1.29 is 13.6 Å². The molecule has 25 heavy (non-hydrogen) atoms. The number of nitrogens with zero attached hydrogens (tertiary/aromatic N) is 4. The Kier molecular flexibility index (Phi) is 5.11. The van der Waals surface area contributed by atoms with Gasteiger partial charge in [0.15, 0.2) is 5.69 Å². The van der Waals surface area contributed by atoms with E-state index in [1.165, 1.54) is 17.3 Å². The Labute approximate surface area is 145 Å². The first-order valence-electron chi connectivity index (χ1n) is 8.61. The van der Waals surface area contributed by atoms with Crippen LogP contribution in [0.3, 0.4) is 0 Å². The van der Waals surface area contributed by atoms with Crippen LogP contribution < -0.4 is 5.32 Å². The molecule has 1 N–H and O–H groups in total. The van der Waals surface area contributed by atoms with E-state index in [-0.39, 0.29) is 42.9 Å². The van der Waals surface area contributed by atoms with Gasteiger partial charge in [0.2, 0.25) is 5.91 Å². The molecule has 2 heterocycles. The minimum atomic E-state index is -2.75. The van der Waals surface area contributed by atoms with E-state index in [4.69, 9.17) is 5.26 Å². The predicted octanol–water partition coefficient (Wildman–Crippen LogP) is 2.58. The maximum atomic E-state index is 13.3. The molecule has 0 bridgehead atoms. The van der Waals surface area contributed by atoms with Crippen LogP contribution in [0.5, 0.6) is 0 Å². The molecule has 1 aromatic heterocycles. The summed E-state index contributed by atoms with van der Waals surface area (Å²) in [4.78, 5) is 21.8. The molecule has 134 valence electrons. The summed E-state index contributed by atoms with van der Waals surface area (Å²) in [5.74, 6) is -2.29. The maximum Gasteiger partial charge on any atom is 0.267 e. The number of carbonyl (C=O) groups excluding carboxylic acids is 1. The highest BCUT2D eigenvalue weighted by atomic mass is 19.3. The van der Waals surface area contributed by atoms with E-state index in [2.05, 4.69) is 15.3 Å². The van der Waals surface area contributed by atoms with Crippen LogP contribution in [-0.4, -0.2) is 45.8 Å². The van der Waals surface area contributed by atoms with Crippen molar-refractivity contribution in [2.45, 2.75) is 50.5 Å². The van der Waals surface area contributed by atoms with Crippen LogP contribution in [0, 0.1) is 17.2 Å². The molecule has 1 saturated carbocycles. The monoisotopic (exact) mass is 349 g/mol. The third kappa shape index (κ3) is 4.41. The highest BCUT2D eigenvalue weighted by Crippen LogP contribution is 2.32. The number of alkyl halides is 2. The third-order valence-electron chi connectivity index (χ3n) is 4.97. The summed E-state index contributed by atoms with van der Waals surface area (Å²) in [6.07, 6.45) is 6.81. The van der Waals surface area contributed by atoms with Crippen molar-refractivity contribution in [2.24, 2.45) is 5.92 Å². The van der Waals surface area contributed by atoms with Gasteiger partial charge in [-0.2, -0.15) is 5.26 Å². The highest BCUT2D eigenvalue weighted by Gasteiger charge is 2.41. The van der Waals surface area contributed by atoms with Crippen molar-refractivity contribution in [1.29, 1.82) is 5.26 Å².